The number of hydrogen-bond donors (Lipinski definition) is 1. The van der Waals surface area contributed by atoms with Gasteiger partial charge in [-0.15, -0.1) is 0 Å². The van der Waals surface area contributed by atoms with E-state index in [9.17, 15) is 9.59 Å². The van der Waals surface area contributed by atoms with Gasteiger partial charge in [-0.3, -0.25) is 19.8 Å². The van der Waals surface area contributed by atoms with Crippen LogP contribution in [0.15, 0.2) is 30.3 Å². The fourth-order valence-electron chi connectivity index (χ4n) is 3.01. The first-order valence-corrected chi connectivity index (χ1v) is 5.78. The van der Waals surface area contributed by atoms with Crippen molar-refractivity contribution >= 4 is 11.8 Å². The lowest BCUT2D eigenvalue weighted by molar-refractivity contribution is -0.127. The summed E-state index contributed by atoms with van der Waals surface area (Å²) in [6, 6.07) is 9.93. The van der Waals surface area contributed by atoms with Gasteiger partial charge in [-0.1, -0.05) is 30.3 Å². The fourth-order valence-corrected chi connectivity index (χ4v) is 3.01. The van der Waals surface area contributed by atoms with Gasteiger partial charge in [-0.25, -0.2) is 0 Å². The van der Waals surface area contributed by atoms with Crippen molar-refractivity contribution in [3.63, 3.8) is 0 Å². The van der Waals surface area contributed by atoms with Crippen LogP contribution >= 0.6 is 0 Å². The fraction of sp³-hybridized carbons (Fsp3) is 0.385. The Balaban J connectivity index is 2.00. The molecule has 1 aromatic carbocycles. The van der Waals surface area contributed by atoms with Crippen LogP contribution in [0.2, 0.25) is 0 Å². The Labute approximate surface area is 99.6 Å². The van der Waals surface area contributed by atoms with E-state index in [0.29, 0.717) is 6.54 Å². The normalized spacial score (nSPS) is 32.6. The Morgan fingerprint density at radius 1 is 1.18 bits per heavy atom. The molecule has 2 amide bonds. The lowest BCUT2D eigenvalue weighted by atomic mass is 9.89. The highest BCUT2D eigenvalue weighted by Gasteiger charge is 2.52. The standard InChI is InChI=1S/C13H14N2O2/c1-15-7-9-10(13(17)14-12(9)16)11(15)8-5-3-2-4-6-8/h2-6,9-11H,7H2,1H3,(H,14,16,17)/t9-,10-,11+/m0/s1. The van der Waals surface area contributed by atoms with Crippen LogP contribution in [0.25, 0.3) is 0 Å². The van der Waals surface area contributed by atoms with E-state index in [1.54, 1.807) is 0 Å². The number of carbonyl (C=O) groups is 2. The van der Waals surface area contributed by atoms with Crippen LogP contribution in [-0.2, 0) is 9.59 Å². The average Bonchev–Trinajstić information content (AvgIpc) is 2.79. The zero-order valence-corrected chi connectivity index (χ0v) is 9.59. The average molecular weight is 230 g/mol. The molecule has 88 valence electrons. The van der Waals surface area contributed by atoms with Gasteiger partial charge in [0.1, 0.15) is 0 Å². The van der Waals surface area contributed by atoms with Gasteiger partial charge in [0.05, 0.1) is 11.8 Å². The van der Waals surface area contributed by atoms with Gasteiger partial charge in [0, 0.05) is 12.6 Å². The van der Waals surface area contributed by atoms with Gasteiger partial charge in [-0.05, 0) is 12.6 Å². The quantitative estimate of drug-likeness (QED) is 0.717. The van der Waals surface area contributed by atoms with E-state index in [2.05, 4.69) is 10.2 Å². The van der Waals surface area contributed by atoms with Crippen molar-refractivity contribution in [1.29, 1.82) is 0 Å². The van der Waals surface area contributed by atoms with Gasteiger partial charge in [0.15, 0.2) is 0 Å². The second-order valence-electron chi connectivity index (χ2n) is 4.78. The van der Waals surface area contributed by atoms with E-state index in [-0.39, 0.29) is 29.7 Å². The topological polar surface area (TPSA) is 49.4 Å². The van der Waals surface area contributed by atoms with Gasteiger partial charge in [0.2, 0.25) is 11.8 Å². The van der Waals surface area contributed by atoms with Crippen LogP contribution in [0.1, 0.15) is 11.6 Å². The maximum atomic E-state index is 11.8. The Morgan fingerprint density at radius 2 is 1.88 bits per heavy atom. The molecule has 2 fully saturated rings. The summed E-state index contributed by atoms with van der Waals surface area (Å²) in [5, 5.41) is 2.43. The molecule has 4 heteroatoms. The highest BCUT2D eigenvalue weighted by molar-refractivity contribution is 6.06. The van der Waals surface area contributed by atoms with Crippen LogP contribution in [0.3, 0.4) is 0 Å². The molecule has 2 aliphatic rings. The van der Waals surface area contributed by atoms with E-state index < -0.39 is 0 Å². The van der Waals surface area contributed by atoms with Crippen molar-refractivity contribution in [2.24, 2.45) is 11.8 Å². The van der Waals surface area contributed by atoms with E-state index in [1.807, 2.05) is 37.4 Å². The number of fused-ring (bicyclic) bond motifs is 1. The Morgan fingerprint density at radius 3 is 2.59 bits per heavy atom. The second-order valence-corrected chi connectivity index (χ2v) is 4.78. The summed E-state index contributed by atoms with van der Waals surface area (Å²) in [7, 11) is 1.97. The molecule has 0 bridgehead atoms. The highest BCUT2D eigenvalue weighted by atomic mass is 16.2. The summed E-state index contributed by atoms with van der Waals surface area (Å²) < 4.78 is 0. The molecule has 0 unspecified atom stereocenters. The minimum Gasteiger partial charge on any atom is -0.298 e. The molecule has 4 nitrogen and oxygen atoms in total. The van der Waals surface area contributed by atoms with E-state index in [1.165, 1.54) is 0 Å². The number of imide groups is 1. The third-order valence-corrected chi connectivity index (χ3v) is 3.76. The van der Waals surface area contributed by atoms with Gasteiger partial charge >= 0.3 is 0 Å². The van der Waals surface area contributed by atoms with Crippen molar-refractivity contribution < 1.29 is 9.59 Å². The molecule has 2 saturated heterocycles. The highest BCUT2D eigenvalue weighted by Crippen LogP contribution is 2.42. The molecule has 1 N–H and O–H groups in total. The third-order valence-electron chi connectivity index (χ3n) is 3.76. The summed E-state index contributed by atoms with van der Waals surface area (Å²) in [6.07, 6.45) is 0. The maximum Gasteiger partial charge on any atom is 0.232 e. The number of rotatable bonds is 1. The summed E-state index contributed by atoms with van der Waals surface area (Å²) in [4.78, 5) is 25.6. The predicted molar refractivity (Wildman–Crippen MR) is 61.9 cm³/mol. The molecule has 1 aromatic rings. The summed E-state index contributed by atoms with van der Waals surface area (Å²) in [5.41, 5.74) is 1.10. The largest absolute Gasteiger partial charge is 0.298 e. The lowest BCUT2D eigenvalue weighted by Gasteiger charge is -2.23. The van der Waals surface area contributed by atoms with Crippen molar-refractivity contribution in [3.05, 3.63) is 35.9 Å². The van der Waals surface area contributed by atoms with Gasteiger partial charge < -0.3 is 0 Å². The smallest absolute Gasteiger partial charge is 0.232 e. The Kier molecular flexibility index (Phi) is 2.26. The molecule has 0 saturated carbocycles. The SMILES string of the molecule is CN1C[C@@H]2C(=O)NC(=O)[C@@H]2[C@H]1c1ccccc1. The zero-order valence-electron chi connectivity index (χ0n) is 9.59. The first-order chi connectivity index (χ1) is 8.18. The molecule has 3 atom stereocenters. The molecule has 0 radical (unpaired) electrons. The number of nitrogens with one attached hydrogen (secondary N) is 1. The Hall–Kier alpha value is -1.68. The van der Waals surface area contributed by atoms with Crippen LogP contribution in [0, 0.1) is 11.8 Å². The number of likely N-dealkylation sites (tertiary alicyclic amines) is 1. The number of benzene rings is 1. The molecule has 0 spiro atoms. The van der Waals surface area contributed by atoms with Gasteiger partial charge in [-0.2, -0.15) is 0 Å². The lowest BCUT2D eigenvalue weighted by Crippen LogP contribution is -2.31. The summed E-state index contributed by atoms with van der Waals surface area (Å²) in [5.74, 6) is -0.656. The number of nitrogens with zero attached hydrogens (tertiary/aromatic N) is 1. The van der Waals surface area contributed by atoms with E-state index >= 15 is 0 Å². The number of carbonyl (C=O) groups excluding carboxylic acids is 2. The molecule has 2 heterocycles. The predicted octanol–water partition coefficient (Wildman–Crippen LogP) is 0.562. The molecule has 2 aliphatic heterocycles. The molecule has 0 aliphatic carbocycles. The third kappa shape index (κ3) is 1.48. The Bertz CT molecular complexity index is 472. The van der Waals surface area contributed by atoms with Crippen LogP contribution < -0.4 is 5.32 Å². The second kappa shape index (κ2) is 3.67. The summed E-state index contributed by atoms with van der Waals surface area (Å²) in [6.45, 7) is 0.655. The summed E-state index contributed by atoms with van der Waals surface area (Å²) >= 11 is 0. The van der Waals surface area contributed by atoms with E-state index in [4.69, 9.17) is 0 Å². The minimum atomic E-state index is -0.227. The molecule has 0 aromatic heterocycles. The first kappa shape index (κ1) is 10.5. The minimum absolute atomic E-state index is 0.0210. The van der Waals surface area contributed by atoms with Crippen LogP contribution in [0.5, 0.6) is 0 Å². The van der Waals surface area contributed by atoms with Gasteiger partial charge in [0.25, 0.3) is 0 Å². The monoisotopic (exact) mass is 230 g/mol. The number of amides is 2. The van der Waals surface area contributed by atoms with Crippen molar-refractivity contribution in [1.82, 2.24) is 10.2 Å². The van der Waals surface area contributed by atoms with Crippen molar-refractivity contribution in [2.45, 2.75) is 6.04 Å². The molecule has 17 heavy (non-hydrogen) atoms. The number of hydrogen-bond acceptors (Lipinski definition) is 3. The molecular formula is C13H14N2O2. The maximum absolute atomic E-state index is 11.8. The first-order valence-electron chi connectivity index (χ1n) is 5.78. The van der Waals surface area contributed by atoms with Crippen LogP contribution in [0.4, 0.5) is 0 Å². The van der Waals surface area contributed by atoms with Crippen molar-refractivity contribution in [3.8, 4) is 0 Å². The van der Waals surface area contributed by atoms with Crippen LogP contribution in [-0.4, -0.2) is 30.3 Å². The molecule has 3 rings (SSSR count). The molecular weight excluding hydrogens is 216 g/mol. The zero-order chi connectivity index (χ0) is 12.0. The van der Waals surface area contributed by atoms with Crippen molar-refractivity contribution in [2.75, 3.05) is 13.6 Å². The van der Waals surface area contributed by atoms with E-state index in [0.717, 1.165) is 5.56 Å².